The van der Waals surface area contributed by atoms with E-state index >= 15 is 4.39 Å². The van der Waals surface area contributed by atoms with Gasteiger partial charge in [-0.1, -0.05) is 0 Å². The van der Waals surface area contributed by atoms with E-state index in [-0.39, 0.29) is 28.8 Å². The van der Waals surface area contributed by atoms with Crippen molar-refractivity contribution in [2.24, 2.45) is 5.73 Å². The molecular weight excluding hydrogens is 443 g/mol. The summed E-state index contributed by atoms with van der Waals surface area (Å²) in [7, 11) is 2.79. The Labute approximate surface area is 192 Å². The highest BCUT2D eigenvalue weighted by atomic mass is 19.1. The van der Waals surface area contributed by atoms with Gasteiger partial charge in [0.05, 0.1) is 14.2 Å². The van der Waals surface area contributed by atoms with Crippen LogP contribution in [0.5, 0.6) is 11.5 Å². The van der Waals surface area contributed by atoms with Crippen LogP contribution in [-0.2, 0) is 0 Å². The van der Waals surface area contributed by atoms with Gasteiger partial charge in [0, 0.05) is 29.1 Å². The largest absolute Gasteiger partial charge is 0.497 e. The van der Waals surface area contributed by atoms with Crippen LogP contribution in [0.25, 0.3) is 5.82 Å². The number of nitrogens with one attached hydrogen (secondary N) is 3. The molecule has 2 heterocycles. The van der Waals surface area contributed by atoms with Crippen LogP contribution in [-0.4, -0.2) is 45.0 Å². The Morgan fingerprint density at radius 1 is 1.21 bits per heavy atom. The van der Waals surface area contributed by atoms with Crippen molar-refractivity contribution in [3.8, 4) is 17.3 Å². The van der Waals surface area contributed by atoms with Gasteiger partial charge >= 0.3 is 5.69 Å². The summed E-state index contributed by atoms with van der Waals surface area (Å²) < 4.78 is 26.9. The average molecular weight is 464 g/mol. The number of methoxy groups -OCH3 is 2. The fourth-order valence-electron chi connectivity index (χ4n) is 3.31. The molecule has 0 radical (unpaired) electrons. The summed E-state index contributed by atoms with van der Waals surface area (Å²) >= 11 is 0. The molecular formula is C22H21FN8O3. The molecule has 0 fully saturated rings. The minimum absolute atomic E-state index is 0.0382. The van der Waals surface area contributed by atoms with Gasteiger partial charge in [0.25, 0.3) is 0 Å². The normalized spacial score (nSPS) is 11.6. The molecule has 2 aromatic heterocycles. The van der Waals surface area contributed by atoms with Gasteiger partial charge in [-0.05, 0) is 42.5 Å². The van der Waals surface area contributed by atoms with Crippen LogP contribution in [0.2, 0.25) is 0 Å². The van der Waals surface area contributed by atoms with Gasteiger partial charge in [0.15, 0.2) is 23.2 Å². The number of nitrogens with two attached hydrogens (primary N) is 1. The third-order valence-electron chi connectivity index (χ3n) is 5.00. The zero-order valence-electron chi connectivity index (χ0n) is 18.2. The maximum atomic E-state index is 15.4. The van der Waals surface area contributed by atoms with Crippen molar-refractivity contribution in [3.63, 3.8) is 0 Å². The van der Waals surface area contributed by atoms with Gasteiger partial charge in [0.2, 0.25) is 0 Å². The van der Waals surface area contributed by atoms with E-state index in [1.165, 1.54) is 32.5 Å². The lowest BCUT2D eigenvalue weighted by molar-refractivity contribution is 0.370. The molecule has 174 valence electrons. The SMILES string of the molecule is COc1cc(OC)c(F)c([C@H](Nc2ccc(C(=N)N)cc2)c2nn(-c3cccnn3)c(=O)[nH]2)c1. The number of aromatic nitrogens is 5. The van der Waals surface area contributed by atoms with Crippen LogP contribution in [0.15, 0.2) is 59.5 Å². The molecule has 11 nitrogen and oxygen atoms in total. The number of amidine groups is 1. The summed E-state index contributed by atoms with van der Waals surface area (Å²) in [5.41, 5.74) is 6.15. The fourth-order valence-corrected chi connectivity index (χ4v) is 3.31. The molecule has 12 heteroatoms. The molecule has 5 N–H and O–H groups in total. The number of ether oxygens (including phenoxy) is 2. The van der Waals surface area contributed by atoms with E-state index in [4.69, 9.17) is 20.6 Å². The highest BCUT2D eigenvalue weighted by Gasteiger charge is 2.26. The third kappa shape index (κ3) is 4.41. The summed E-state index contributed by atoms with van der Waals surface area (Å²) in [6.45, 7) is 0. The zero-order valence-corrected chi connectivity index (χ0v) is 18.2. The first-order valence-corrected chi connectivity index (χ1v) is 10.0. The lowest BCUT2D eigenvalue weighted by Gasteiger charge is -2.20. The van der Waals surface area contributed by atoms with E-state index in [0.29, 0.717) is 17.0 Å². The molecule has 0 unspecified atom stereocenters. The second-order valence-corrected chi connectivity index (χ2v) is 7.11. The van der Waals surface area contributed by atoms with Crippen LogP contribution in [0, 0.1) is 11.2 Å². The maximum Gasteiger partial charge on any atom is 0.349 e. The summed E-state index contributed by atoms with van der Waals surface area (Å²) in [4.78, 5) is 15.3. The number of anilines is 1. The molecule has 1 atom stereocenters. The molecule has 0 saturated carbocycles. The van der Waals surface area contributed by atoms with Crippen molar-refractivity contribution in [2.45, 2.75) is 6.04 Å². The number of hydrogen-bond acceptors (Lipinski definition) is 8. The number of aromatic amines is 1. The molecule has 0 aliphatic carbocycles. The molecule has 0 saturated heterocycles. The first-order valence-electron chi connectivity index (χ1n) is 10.0. The number of nitrogen functional groups attached to an aromatic ring is 1. The van der Waals surface area contributed by atoms with Gasteiger partial charge in [-0.3, -0.25) is 10.4 Å². The van der Waals surface area contributed by atoms with Crippen molar-refractivity contribution >= 4 is 11.5 Å². The van der Waals surface area contributed by atoms with Crippen LogP contribution >= 0.6 is 0 Å². The van der Waals surface area contributed by atoms with E-state index in [9.17, 15) is 4.79 Å². The molecule has 0 bridgehead atoms. The monoisotopic (exact) mass is 464 g/mol. The third-order valence-corrected chi connectivity index (χ3v) is 5.00. The van der Waals surface area contributed by atoms with Gasteiger partial charge in [-0.25, -0.2) is 9.18 Å². The Balaban J connectivity index is 1.84. The Bertz CT molecular complexity index is 1370. The molecule has 0 aliphatic heterocycles. The first kappa shape index (κ1) is 22.5. The minimum atomic E-state index is -0.960. The highest BCUT2D eigenvalue weighted by Crippen LogP contribution is 2.34. The number of nitrogens with zero attached hydrogens (tertiary/aromatic N) is 4. The molecule has 4 rings (SSSR count). The number of rotatable bonds is 8. The number of hydrogen-bond donors (Lipinski definition) is 4. The highest BCUT2D eigenvalue weighted by molar-refractivity contribution is 5.95. The molecule has 4 aromatic rings. The van der Waals surface area contributed by atoms with Crippen molar-refractivity contribution in [1.29, 1.82) is 5.41 Å². The van der Waals surface area contributed by atoms with Crippen LogP contribution < -0.4 is 26.2 Å². The quantitative estimate of drug-likeness (QED) is 0.228. The van der Waals surface area contributed by atoms with Crippen molar-refractivity contribution in [1.82, 2.24) is 25.0 Å². The molecule has 0 amide bonds. The van der Waals surface area contributed by atoms with Crippen LogP contribution in [0.1, 0.15) is 23.0 Å². The number of benzene rings is 2. The van der Waals surface area contributed by atoms with E-state index in [0.717, 1.165) is 4.68 Å². The summed E-state index contributed by atoms with van der Waals surface area (Å²) in [5.74, 6) is -0.120. The predicted octanol–water partition coefficient (Wildman–Crippen LogP) is 1.99. The van der Waals surface area contributed by atoms with Crippen LogP contribution in [0.3, 0.4) is 0 Å². The standard InChI is InChI=1S/C22H21FN8O3/c1-33-14-10-15(18(23)16(11-14)34-2)19(27-13-7-5-12(6-8-13)20(24)25)21-28-22(32)31(30-21)17-4-3-9-26-29-17/h3-11,19,27H,1-2H3,(H3,24,25)(H,28,30,32)/t19-/m0/s1. The second-order valence-electron chi connectivity index (χ2n) is 7.11. The number of halogens is 1. The van der Waals surface area contributed by atoms with E-state index in [1.54, 1.807) is 36.4 Å². The van der Waals surface area contributed by atoms with Crippen molar-refractivity contribution in [3.05, 3.63) is 88.0 Å². The Hall–Kier alpha value is -4.74. The molecule has 34 heavy (non-hydrogen) atoms. The van der Waals surface area contributed by atoms with Crippen molar-refractivity contribution < 1.29 is 13.9 Å². The van der Waals surface area contributed by atoms with Crippen molar-refractivity contribution in [2.75, 3.05) is 19.5 Å². The minimum Gasteiger partial charge on any atom is -0.497 e. The predicted molar refractivity (Wildman–Crippen MR) is 122 cm³/mol. The Morgan fingerprint density at radius 3 is 2.59 bits per heavy atom. The van der Waals surface area contributed by atoms with Gasteiger partial charge in [-0.2, -0.15) is 9.78 Å². The number of H-pyrrole nitrogens is 1. The Morgan fingerprint density at radius 2 is 1.97 bits per heavy atom. The lowest BCUT2D eigenvalue weighted by atomic mass is 10.0. The topological polar surface area (TPSA) is 157 Å². The summed E-state index contributed by atoms with van der Waals surface area (Å²) in [5, 5.41) is 22.7. The zero-order chi connectivity index (χ0) is 24.2. The Kier molecular flexibility index (Phi) is 6.21. The first-order chi connectivity index (χ1) is 16.4. The fraction of sp³-hybridized carbons (Fsp3) is 0.136. The van der Waals surface area contributed by atoms with Gasteiger partial charge in [0.1, 0.15) is 17.6 Å². The second kappa shape index (κ2) is 9.40. The molecule has 0 spiro atoms. The van der Waals surface area contributed by atoms with E-state index in [2.05, 4.69) is 25.6 Å². The van der Waals surface area contributed by atoms with E-state index < -0.39 is 17.5 Å². The average Bonchev–Trinajstić information content (AvgIpc) is 3.25. The van der Waals surface area contributed by atoms with E-state index in [1.807, 2.05) is 0 Å². The maximum absolute atomic E-state index is 15.4. The smallest absolute Gasteiger partial charge is 0.349 e. The van der Waals surface area contributed by atoms with Gasteiger partial charge < -0.3 is 20.5 Å². The summed E-state index contributed by atoms with van der Waals surface area (Å²) in [6, 6.07) is 11.8. The van der Waals surface area contributed by atoms with Gasteiger partial charge in [-0.15, -0.1) is 10.2 Å². The lowest BCUT2D eigenvalue weighted by Crippen LogP contribution is -2.17. The van der Waals surface area contributed by atoms with Crippen LogP contribution in [0.4, 0.5) is 10.1 Å². The molecule has 0 aliphatic rings. The molecule has 2 aromatic carbocycles. The summed E-state index contributed by atoms with van der Waals surface area (Å²) in [6.07, 6.45) is 1.47.